The van der Waals surface area contributed by atoms with Crippen LogP contribution in [0.5, 0.6) is 0 Å². The molecule has 0 aliphatic heterocycles. The van der Waals surface area contributed by atoms with E-state index in [9.17, 15) is 4.79 Å². The maximum atomic E-state index is 12.4. The topological polar surface area (TPSA) is 26.9 Å². The molecule has 0 saturated heterocycles. The summed E-state index contributed by atoms with van der Waals surface area (Å²) in [6.45, 7) is 2.92. The quantitative estimate of drug-likeness (QED) is 0.558. The van der Waals surface area contributed by atoms with Crippen LogP contribution in [0.2, 0.25) is 0 Å². The van der Waals surface area contributed by atoms with Gasteiger partial charge in [0.05, 0.1) is 11.0 Å². The van der Waals surface area contributed by atoms with Crippen molar-refractivity contribution in [2.75, 3.05) is 0 Å². The number of fused-ring (bicyclic) bond motifs is 1. The molecule has 0 radical (unpaired) electrons. The molecule has 0 aliphatic rings. The second-order valence-electron chi connectivity index (χ2n) is 5.98. The third-order valence-corrected chi connectivity index (χ3v) is 4.45. The van der Waals surface area contributed by atoms with Crippen LogP contribution in [0.1, 0.15) is 11.1 Å². The number of aromatic nitrogens is 2. The Balaban J connectivity index is 1.87. The maximum Gasteiger partial charge on any atom is 0.255 e. The molecule has 0 fully saturated rings. The summed E-state index contributed by atoms with van der Waals surface area (Å²) in [5, 5.41) is 0. The van der Waals surface area contributed by atoms with E-state index >= 15 is 0 Å². The standard InChI is InChI=1S/C21H18N2O/c1-16-7-5-6-8-17(16)15-22-14-13-20-19(22)11-12-21(24)23(20)18-9-3-2-4-10-18/h2-14H,15H2,1H3. The second-order valence-corrected chi connectivity index (χ2v) is 5.98. The zero-order valence-electron chi connectivity index (χ0n) is 13.5. The van der Waals surface area contributed by atoms with Crippen molar-refractivity contribution < 1.29 is 0 Å². The first-order chi connectivity index (χ1) is 11.7. The number of rotatable bonds is 3. The van der Waals surface area contributed by atoms with Crippen molar-refractivity contribution in [1.82, 2.24) is 9.13 Å². The van der Waals surface area contributed by atoms with Gasteiger partial charge in [-0.25, -0.2) is 0 Å². The van der Waals surface area contributed by atoms with Gasteiger partial charge in [0.1, 0.15) is 0 Å². The summed E-state index contributed by atoms with van der Waals surface area (Å²) in [6, 6.07) is 23.7. The van der Waals surface area contributed by atoms with Gasteiger partial charge in [0.25, 0.3) is 5.56 Å². The van der Waals surface area contributed by atoms with Crippen LogP contribution in [0.15, 0.2) is 83.8 Å². The molecule has 118 valence electrons. The lowest BCUT2D eigenvalue weighted by Crippen LogP contribution is -2.17. The number of hydrogen-bond donors (Lipinski definition) is 0. The minimum Gasteiger partial charge on any atom is -0.342 e. The smallest absolute Gasteiger partial charge is 0.255 e. The lowest BCUT2D eigenvalue weighted by Gasteiger charge is -2.11. The van der Waals surface area contributed by atoms with Crippen LogP contribution in [0.25, 0.3) is 16.7 Å². The monoisotopic (exact) mass is 314 g/mol. The Kier molecular flexibility index (Phi) is 3.54. The van der Waals surface area contributed by atoms with Gasteiger partial charge in [-0.3, -0.25) is 9.36 Å². The minimum absolute atomic E-state index is 0.0117. The SMILES string of the molecule is Cc1ccccc1Cn1ccc2c1ccc(=O)n2-c1ccccc1. The van der Waals surface area contributed by atoms with Crippen molar-refractivity contribution in [1.29, 1.82) is 0 Å². The van der Waals surface area contributed by atoms with Crippen LogP contribution in [-0.4, -0.2) is 9.13 Å². The third kappa shape index (κ3) is 2.44. The summed E-state index contributed by atoms with van der Waals surface area (Å²) >= 11 is 0. The Labute approximate surface area is 140 Å². The highest BCUT2D eigenvalue weighted by Crippen LogP contribution is 2.20. The lowest BCUT2D eigenvalue weighted by atomic mass is 10.1. The Morgan fingerprint density at radius 1 is 0.792 bits per heavy atom. The van der Waals surface area contributed by atoms with E-state index in [4.69, 9.17) is 0 Å². The molecule has 0 bridgehead atoms. The van der Waals surface area contributed by atoms with Crippen LogP contribution in [0.3, 0.4) is 0 Å². The molecule has 2 aromatic heterocycles. The number of nitrogens with zero attached hydrogens (tertiary/aromatic N) is 2. The van der Waals surface area contributed by atoms with E-state index in [1.54, 1.807) is 10.6 Å². The summed E-state index contributed by atoms with van der Waals surface area (Å²) in [5.74, 6) is 0. The van der Waals surface area contributed by atoms with Crippen molar-refractivity contribution in [3.8, 4) is 5.69 Å². The highest BCUT2D eigenvalue weighted by atomic mass is 16.1. The number of aryl methyl sites for hydroxylation is 1. The molecule has 4 rings (SSSR count). The maximum absolute atomic E-state index is 12.4. The summed E-state index contributed by atoms with van der Waals surface area (Å²) in [7, 11) is 0. The molecular formula is C21H18N2O. The number of benzene rings is 2. The molecular weight excluding hydrogens is 296 g/mol. The van der Waals surface area contributed by atoms with E-state index in [0.29, 0.717) is 0 Å². The predicted molar refractivity (Wildman–Crippen MR) is 97.8 cm³/mol. The van der Waals surface area contributed by atoms with Crippen LogP contribution in [-0.2, 0) is 6.54 Å². The molecule has 3 nitrogen and oxygen atoms in total. The Morgan fingerprint density at radius 2 is 1.54 bits per heavy atom. The minimum atomic E-state index is -0.0117. The number of hydrogen-bond acceptors (Lipinski definition) is 1. The Bertz CT molecular complexity index is 1060. The molecule has 0 aliphatic carbocycles. The highest BCUT2D eigenvalue weighted by molar-refractivity contribution is 5.78. The molecule has 3 heteroatoms. The molecule has 2 heterocycles. The van der Waals surface area contributed by atoms with E-state index in [-0.39, 0.29) is 5.56 Å². The summed E-state index contributed by atoms with van der Waals surface area (Å²) < 4.78 is 3.96. The fraction of sp³-hybridized carbons (Fsp3) is 0.0952. The zero-order chi connectivity index (χ0) is 16.5. The predicted octanol–water partition coefficient (Wildman–Crippen LogP) is 4.15. The molecule has 0 unspecified atom stereocenters. The fourth-order valence-electron chi connectivity index (χ4n) is 3.14. The van der Waals surface area contributed by atoms with Gasteiger partial charge in [-0.15, -0.1) is 0 Å². The van der Waals surface area contributed by atoms with Crippen molar-refractivity contribution in [3.63, 3.8) is 0 Å². The summed E-state index contributed by atoms with van der Waals surface area (Å²) in [4.78, 5) is 12.4. The normalized spacial score (nSPS) is 11.0. The van der Waals surface area contributed by atoms with Crippen molar-refractivity contribution in [2.45, 2.75) is 13.5 Å². The van der Waals surface area contributed by atoms with Crippen LogP contribution in [0.4, 0.5) is 0 Å². The largest absolute Gasteiger partial charge is 0.342 e. The Hall–Kier alpha value is -3.07. The first kappa shape index (κ1) is 14.5. The fourth-order valence-corrected chi connectivity index (χ4v) is 3.14. The van der Waals surface area contributed by atoms with Gasteiger partial charge < -0.3 is 4.57 Å². The van der Waals surface area contributed by atoms with Gasteiger partial charge in [-0.1, -0.05) is 42.5 Å². The van der Waals surface area contributed by atoms with Gasteiger partial charge >= 0.3 is 0 Å². The van der Waals surface area contributed by atoms with Crippen LogP contribution >= 0.6 is 0 Å². The Morgan fingerprint density at radius 3 is 2.33 bits per heavy atom. The zero-order valence-corrected chi connectivity index (χ0v) is 13.5. The van der Waals surface area contributed by atoms with Crippen molar-refractivity contribution in [2.24, 2.45) is 0 Å². The van der Waals surface area contributed by atoms with Crippen LogP contribution < -0.4 is 5.56 Å². The van der Waals surface area contributed by atoms with Crippen molar-refractivity contribution in [3.05, 3.63) is 100 Å². The van der Waals surface area contributed by atoms with Gasteiger partial charge in [0.2, 0.25) is 0 Å². The molecule has 2 aromatic carbocycles. The van der Waals surface area contributed by atoms with Gasteiger partial charge in [-0.05, 0) is 42.3 Å². The number of pyridine rings is 1. The lowest BCUT2D eigenvalue weighted by molar-refractivity contribution is 0.829. The van der Waals surface area contributed by atoms with E-state index in [1.807, 2.05) is 42.5 Å². The van der Waals surface area contributed by atoms with E-state index in [1.165, 1.54) is 11.1 Å². The van der Waals surface area contributed by atoms with E-state index in [2.05, 4.69) is 42.0 Å². The average molecular weight is 314 g/mol. The van der Waals surface area contributed by atoms with Gasteiger partial charge in [-0.2, -0.15) is 0 Å². The molecule has 0 spiro atoms. The highest BCUT2D eigenvalue weighted by Gasteiger charge is 2.09. The molecule has 0 atom stereocenters. The molecule has 0 N–H and O–H groups in total. The van der Waals surface area contributed by atoms with E-state index in [0.717, 1.165) is 23.3 Å². The molecule has 0 amide bonds. The summed E-state index contributed by atoms with van der Waals surface area (Å²) in [5.41, 5.74) is 5.43. The van der Waals surface area contributed by atoms with Gasteiger partial charge in [0, 0.05) is 24.5 Å². The van der Waals surface area contributed by atoms with Crippen LogP contribution in [0, 0.1) is 6.92 Å². The first-order valence-electron chi connectivity index (χ1n) is 8.05. The molecule has 24 heavy (non-hydrogen) atoms. The third-order valence-electron chi connectivity index (χ3n) is 4.45. The molecule has 4 aromatic rings. The van der Waals surface area contributed by atoms with Crippen molar-refractivity contribution >= 4 is 11.0 Å². The van der Waals surface area contributed by atoms with E-state index < -0.39 is 0 Å². The van der Waals surface area contributed by atoms with Gasteiger partial charge in [0.15, 0.2) is 0 Å². The second kappa shape index (κ2) is 5.85. The first-order valence-corrected chi connectivity index (χ1v) is 8.05. The number of para-hydroxylation sites is 1. The molecule has 0 saturated carbocycles. The average Bonchev–Trinajstić information content (AvgIpc) is 3.00. The summed E-state index contributed by atoms with van der Waals surface area (Å²) in [6.07, 6.45) is 2.05.